The van der Waals surface area contributed by atoms with Crippen LogP contribution in [0.1, 0.15) is 34.1 Å². The van der Waals surface area contributed by atoms with Crippen LogP contribution in [0.25, 0.3) is 0 Å². The molecule has 0 radical (unpaired) electrons. The van der Waals surface area contributed by atoms with Crippen LogP contribution in [0.15, 0.2) is 0 Å². The lowest BCUT2D eigenvalue weighted by atomic mass is 9.98. The number of rotatable bonds is 2. The lowest BCUT2D eigenvalue weighted by Crippen LogP contribution is -2.58. The summed E-state index contributed by atoms with van der Waals surface area (Å²) in [5.41, 5.74) is 4.33. The van der Waals surface area contributed by atoms with Gasteiger partial charge in [0.2, 0.25) is 5.91 Å². The summed E-state index contributed by atoms with van der Waals surface area (Å²) >= 11 is 5.02. The monoisotopic (exact) mass is 287 g/mol. The van der Waals surface area contributed by atoms with Crippen molar-refractivity contribution < 1.29 is 14.3 Å². The highest BCUT2D eigenvalue weighted by Gasteiger charge is 2.44. The van der Waals surface area contributed by atoms with Gasteiger partial charge in [0.1, 0.15) is 16.1 Å². The summed E-state index contributed by atoms with van der Waals surface area (Å²) < 4.78 is 5.29. The normalized spacial score (nSPS) is 23.1. The van der Waals surface area contributed by atoms with Crippen LogP contribution in [0.2, 0.25) is 0 Å². The molecule has 0 aromatic rings. The van der Waals surface area contributed by atoms with Crippen LogP contribution >= 0.6 is 12.2 Å². The lowest BCUT2D eigenvalue weighted by molar-refractivity contribution is -0.120. The molecule has 1 fully saturated rings. The van der Waals surface area contributed by atoms with Gasteiger partial charge in [-0.2, -0.15) is 0 Å². The molecular formula is C12H21N3O3S. The fourth-order valence-electron chi connectivity index (χ4n) is 1.99. The molecule has 0 aliphatic carbocycles. The third-order valence-electron chi connectivity index (χ3n) is 2.81. The minimum atomic E-state index is -0.821. The Hall–Kier alpha value is -1.37. The Balaban J connectivity index is 2.77. The molecule has 0 aromatic heterocycles. The van der Waals surface area contributed by atoms with Crippen molar-refractivity contribution in [1.29, 1.82) is 0 Å². The number of hydrogen-bond acceptors (Lipinski definition) is 4. The van der Waals surface area contributed by atoms with Gasteiger partial charge < -0.3 is 20.7 Å². The first kappa shape index (κ1) is 15.7. The molecule has 0 aromatic carbocycles. The van der Waals surface area contributed by atoms with Crippen LogP contribution in [-0.4, -0.2) is 46.1 Å². The van der Waals surface area contributed by atoms with E-state index in [-0.39, 0.29) is 17.4 Å². The number of hydrogen-bond donors (Lipinski definition) is 2. The minimum absolute atomic E-state index is 0.189. The Morgan fingerprint density at radius 1 is 1.42 bits per heavy atom. The van der Waals surface area contributed by atoms with Crippen molar-refractivity contribution in [3.8, 4) is 0 Å². The summed E-state index contributed by atoms with van der Waals surface area (Å²) in [7, 11) is 0. The molecule has 1 heterocycles. The molecular weight excluding hydrogens is 266 g/mol. The van der Waals surface area contributed by atoms with Gasteiger partial charge in [-0.1, -0.05) is 12.2 Å². The number of carbonyl (C=O) groups is 2. The molecule has 0 saturated carbocycles. The Morgan fingerprint density at radius 2 is 2.00 bits per heavy atom. The van der Waals surface area contributed by atoms with Gasteiger partial charge in [-0.3, -0.25) is 4.79 Å². The van der Waals surface area contributed by atoms with Gasteiger partial charge >= 0.3 is 6.09 Å². The number of carbonyl (C=O) groups excluding carboxylic acids is 2. The molecule has 0 bridgehead atoms. The fraction of sp³-hybridized carbons (Fsp3) is 0.750. The number of amides is 2. The molecule has 7 heteroatoms. The second-order valence-corrected chi connectivity index (χ2v) is 6.22. The van der Waals surface area contributed by atoms with E-state index in [1.165, 1.54) is 11.8 Å². The van der Waals surface area contributed by atoms with Crippen molar-refractivity contribution in [2.45, 2.75) is 45.3 Å². The lowest BCUT2D eigenvalue weighted by Gasteiger charge is -2.29. The first-order valence-corrected chi connectivity index (χ1v) is 6.53. The number of nitrogens with zero attached hydrogens (tertiary/aromatic N) is 1. The summed E-state index contributed by atoms with van der Waals surface area (Å²) in [6.07, 6.45) is 0.0808. The highest BCUT2D eigenvalue weighted by atomic mass is 32.1. The van der Waals surface area contributed by atoms with E-state index in [9.17, 15) is 9.59 Å². The second kappa shape index (κ2) is 5.32. The molecule has 1 aliphatic rings. The summed E-state index contributed by atoms with van der Waals surface area (Å²) in [6, 6.07) is 0. The molecule has 1 atom stereocenters. The Morgan fingerprint density at radius 3 is 2.42 bits per heavy atom. The molecule has 0 spiro atoms. The SMILES string of the molecule is CC(=O)N[C@@]1(C(N)=S)CCN(C(=O)OC(C)(C)C)C1. The minimum Gasteiger partial charge on any atom is -0.444 e. The van der Waals surface area contributed by atoms with E-state index >= 15 is 0 Å². The van der Waals surface area contributed by atoms with Crippen molar-refractivity contribution in [2.75, 3.05) is 13.1 Å². The third kappa shape index (κ3) is 4.05. The van der Waals surface area contributed by atoms with E-state index < -0.39 is 17.2 Å². The quantitative estimate of drug-likeness (QED) is 0.733. The van der Waals surface area contributed by atoms with Gasteiger partial charge in [0.25, 0.3) is 0 Å². The first-order chi connectivity index (χ1) is 8.56. The maximum atomic E-state index is 12.0. The summed E-state index contributed by atoms with van der Waals surface area (Å²) in [5, 5.41) is 2.75. The van der Waals surface area contributed by atoms with E-state index in [4.69, 9.17) is 22.7 Å². The molecule has 1 saturated heterocycles. The summed E-state index contributed by atoms with van der Waals surface area (Å²) in [5.74, 6) is -0.223. The van der Waals surface area contributed by atoms with Crippen molar-refractivity contribution >= 4 is 29.2 Å². The van der Waals surface area contributed by atoms with Crippen LogP contribution in [-0.2, 0) is 9.53 Å². The van der Waals surface area contributed by atoms with Gasteiger partial charge in [-0.05, 0) is 27.2 Å². The molecule has 3 N–H and O–H groups in total. The standard InChI is InChI=1S/C12H21N3O3S/c1-8(16)14-12(9(13)19)5-6-15(7-12)10(17)18-11(2,3)4/h5-7H2,1-4H3,(H2,13,19)(H,14,16)/t12-/m0/s1. The maximum absolute atomic E-state index is 12.0. The topological polar surface area (TPSA) is 84.7 Å². The van der Waals surface area contributed by atoms with Gasteiger partial charge in [0.05, 0.1) is 6.54 Å². The average molecular weight is 287 g/mol. The number of ether oxygens (including phenoxy) is 1. The molecule has 1 rings (SSSR count). The van der Waals surface area contributed by atoms with E-state index in [1.807, 2.05) is 0 Å². The van der Waals surface area contributed by atoms with Crippen LogP contribution in [0.5, 0.6) is 0 Å². The third-order valence-corrected chi connectivity index (χ3v) is 3.20. The smallest absolute Gasteiger partial charge is 0.410 e. The summed E-state index contributed by atoms with van der Waals surface area (Å²) in [4.78, 5) is 24.9. The fourth-order valence-corrected chi connectivity index (χ4v) is 2.21. The van der Waals surface area contributed by atoms with Crippen LogP contribution in [0.3, 0.4) is 0 Å². The molecule has 6 nitrogen and oxygen atoms in total. The van der Waals surface area contributed by atoms with Crippen molar-refractivity contribution in [3.05, 3.63) is 0 Å². The predicted molar refractivity (Wildman–Crippen MR) is 75.8 cm³/mol. The van der Waals surface area contributed by atoms with E-state index in [2.05, 4.69) is 5.32 Å². The van der Waals surface area contributed by atoms with Gasteiger partial charge in [-0.25, -0.2) is 4.79 Å². The zero-order chi connectivity index (χ0) is 14.8. The van der Waals surface area contributed by atoms with E-state index in [1.54, 1.807) is 20.8 Å². The number of nitrogens with one attached hydrogen (secondary N) is 1. The van der Waals surface area contributed by atoms with E-state index in [0.717, 1.165) is 0 Å². The maximum Gasteiger partial charge on any atom is 0.410 e. The Kier molecular flexibility index (Phi) is 4.39. The van der Waals surface area contributed by atoms with Crippen LogP contribution in [0.4, 0.5) is 4.79 Å². The molecule has 1 aliphatic heterocycles. The molecule has 2 amide bonds. The van der Waals surface area contributed by atoms with Gasteiger partial charge in [0.15, 0.2) is 0 Å². The van der Waals surface area contributed by atoms with Crippen LogP contribution in [0, 0.1) is 0 Å². The Bertz CT molecular complexity index is 406. The summed E-state index contributed by atoms with van der Waals surface area (Å²) in [6.45, 7) is 7.50. The molecule has 0 unspecified atom stereocenters. The number of likely N-dealkylation sites (tertiary alicyclic amines) is 1. The van der Waals surface area contributed by atoms with Crippen molar-refractivity contribution in [2.24, 2.45) is 5.73 Å². The largest absolute Gasteiger partial charge is 0.444 e. The molecule has 108 valence electrons. The zero-order valence-electron chi connectivity index (χ0n) is 11.8. The predicted octanol–water partition coefficient (Wildman–Crippen LogP) is 0.788. The van der Waals surface area contributed by atoms with Crippen molar-refractivity contribution in [3.63, 3.8) is 0 Å². The van der Waals surface area contributed by atoms with Crippen LogP contribution < -0.4 is 11.1 Å². The molecule has 19 heavy (non-hydrogen) atoms. The van der Waals surface area contributed by atoms with E-state index in [0.29, 0.717) is 13.0 Å². The number of thiocarbonyl (C=S) groups is 1. The Labute approximate surface area is 118 Å². The van der Waals surface area contributed by atoms with Gasteiger partial charge in [0, 0.05) is 13.5 Å². The average Bonchev–Trinajstić information content (AvgIpc) is 2.59. The highest BCUT2D eigenvalue weighted by Crippen LogP contribution is 2.24. The second-order valence-electron chi connectivity index (χ2n) is 5.78. The van der Waals surface area contributed by atoms with Gasteiger partial charge in [-0.15, -0.1) is 0 Å². The highest BCUT2D eigenvalue weighted by molar-refractivity contribution is 7.80. The first-order valence-electron chi connectivity index (χ1n) is 6.12. The van der Waals surface area contributed by atoms with Crippen molar-refractivity contribution in [1.82, 2.24) is 10.2 Å². The zero-order valence-corrected chi connectivity index (χ0v) is 12.6. The number of nitrogens with two attached hydrogens (primary N) is 1.